The van der Waals surface area contributed by atoms with Crippen molar-refractivity contribution in [1.29, 1.82) is 0 Å². The van der Waals surface area contributed by atoms with Gasteiger partial charge < -0.3 is 34.0 Å². The van der Waals surface area contributed by atoms with Crippen LogP contribution in [0.4, 0.5) is 5.69 Å². The number of ether oxygens (including phenoxy) is 1. The fourth-order valence-corrected chi connectivity index (χ4v) is 5.86. The molecule has 1 atom stereocenters. The monoisotopic (exact) mass is 630 g/mol. The normalized spacial score (nSPS) is 17.5. The van der Waals surface area contributed by atoms with Gasteiger partial charge in [0.05, 0.1) is 5.56 Å². The maximum Gasteiger partial charge on any atom is 0.343 e. The van der Waals surface area contributed by atoms with E-state index in [1.54, 1.807) is 18.2 Å². The van der Waals surface area contributed by atoms with Crippen LogP contribution in [0.2, 0.25) is 0 Å². The van der Waals surface area contributed by atoms with Crippen molar-refractivity contribution in [2.24, 2.45) is 5.41 Å². The number of benzene rings is 3. The van der Waals surface area contributed by atoms with Crippen molar-refractivity contribution in [3.63, 3.8) is 0 Å². The van der Waals surface area contributed by atoms with Gasteiger partial charge in [-0.1, -0.05) is 56.3 Å². The molecule has 0 saturated heterocycles. The number of hydrogen-bond donors (Lipinski definition) is 1. The minimum Gasteiger partial charge on any atom is -1.00 e. The predicted molar refractivity (Wildman–Crippen MR) is 148 cm³/mol. The molecule has 198 valence electrons. The van der Waals surface area contributed by atoms with Gasteiger partial charge in [0.1, 0.15) is 12.3 Å². The number of ketones is 1. The topological polar surface area (TPSA) is 59.3 Å². The van der Waals surface area contributed by atoms with E-state index in [0.29, 0.717) is 17.7 Å². The van der Waals surface area contributed by atoms with E-state index in [-0.39, 0.29) is 41.1 Å². The molecule has 39 heavy (non-hydrogen) atoms. The maximum atomic E-state index is 13.7. The van der Waals surface area contributed by atoms with Crippen molar-refractivity contribution in [2.45, 2.75) is 46.1 Å². The molecule has 0 radical (unpaired) electrons. The third-order valence-corrected chi connectivity index (χ3v) is 7.65. The Bertz CT molecular complexity index is 1620. The summed E-state index contributed by atoms with van der Waals surface area (Å²) in [6.45, 7) is 7.17. The first kappa shape index (κ1) is 27.1. The number of carbonyl (C=O) groups is 2. The number of esters is 1. The average Bonchev–Trinajstić information content (AvgIpc) is 2.91. The van der Waals surface area contributed by atoms with Crippen LogP contribution in [0.5, 0.6) is 5.75 Å². The highest BCUT2D eigenvalue weighted by molar-refractivity contribution is 6.04. The van der Waals surface area contributed by atoms with E-state index in [4.69, 9.17) is 4.74 Å². The molecule has 4 aromatic rings. The van der Waals surface area contributed by atoms with Crippen molar-refractivity contribution in [3.05, 3.63) is 113 Å². The van der Waals surface area contributed by atoms with Crippen molar-refractivity contribution in [2.75, 3.05) is 5.32 Å². The molecule has 3 aromatic carbocycles. The lowest BCUT2D eigenvalue weighted by atomic mass is 9.68. The van der Waals surface area contributed by atoms with Gasteiger partial charge in [0.15, 0.2) is 18.2 Å². The summed E-state index contributed by atoms with van der Waals surface area (Å²) in [7, 11) is 0. The van der Waals surface area contributed by atoms with E-state index in [1.165, 1.54) is 0 Å². The molecule has 0 saturated carbocycles. The number of hydrogen-bond acceptors (Lipinski definition) is 4. The van der Waals surface area contributed by atoms with E-state index in [2.05, 4.69) is 43.4 Å². The maximum absolute atomic E-state index is 13.7. The Labute approximate surface area is 245 Å². The van der Waals surface area contributed by atoms with E-state index in [9.17, 15) is 9.59 Å². The van der Waals surface area contributed by atoms with E-state index < -0.39 is 5.97 Å². The van der Waals surface area contributed by atoms with Gasteiger partial charge in [0, 0.05) is 41.4 Å². The van der Waals surface area contributed by atoms with Gasteiger partial charge in [0.25, 0.3) is 0 Å². The molecule has 0 fully saturated rings. The van der Waals surface area contributed by atoms with Crippen molar-refractivity contribution in [1.82, 2.24) is 0 Å². The Balaban J connectivity index is 0.00000308. The number of carbonyl (C=O) groups excluding carboxylic acids is 2. The second kappa shape index (κ2) is 10.6. The largest absolute Gasteiger partial charge is 1.00 e. The second-order valence-corrected chi connectivity index (χ2v) is 11.0. The number of allylic oxidation sites excluding steroid dienone is 2. The molecule has 0 spiro atoms. The fourth-order valence-electron chi connectivity index (χ4n) is 5.86. The number of aromatic nitrogens is 1. The van der Waals surface area contributed by atoms with Crippen LogP contribution in [-0.2, 0) is 11.3 Å². The Kier molecular flexibility index (Phi) is 7.33. The van der Waals surface area contributed by atoms with Crippen molar-refractivity contribution >= 4 is 28.2 Å². The summed E-state index contributed by atoms with van der Waals surface area (Å²) in [6.07, 6.45) is 5.05. The number of pyridine rings is 1. The Morgan fingerprint density at radius 2 is 1.77 bits per heavy atom. The summed E-state index contributed by atoms with van der Waals surface area (Å²) in [4.78, 5) is 26.6. The number of Topliss-reactive ketones (excluding diaryl/α,β-unsaturated/α-hetero) is 1. The first-order chi connectivity index (χ1) is 18.3. The zero-order valence-electron chi connectivity index (χ0n) is 22.3. The van der Waals surface area contributed by atoms with Gasteiger partial charge >= 0.3 is 5.97 Å². The van der Waals surface area contributed by atoms with Crippen LogP contribution < -0.4 is 38.6 Å². The van der Waals surface area contributed by atoms with Gasteiger partial charge in [-0.3, -0.25) is 4.79 Å². The smallest absolute Gasteiger partial charge is 0.343 e. The lowest BCUT2D eigenvalue weighted by Gasteiger charge is -2.40. The van der Waals surface area contributed by atoms with Gasteiger partial charge in [-0.25, -0.2) is 9.36 Å². The quantitative estimate of drug-likeness (QED) is 0.162. The predicted octanol–water partition coefficient (Wildman–Crippen LogP) is 3.57. The summed E-state index contributed by atoms with van der Waals surface area (Å²) >= 11 is 0. The van der Waals surface area contributed by atoms with Crippen LogP contribution in [0, 0.1) is 5.41 Å². The zero-order valence-corrected chi connectivity index (χ0v) is 24.5. The molecule has 1 aliphatic heterocycles. The number of rotatable bonds is 4. The van der Waals surface area contributed by atoms with Crippen LogP contribution in [-0.4, -0.2) is 11.8 Å². The molecule has 1 N–H and O–H groups in total. The minimum atomic E-state index is -0.406. The van der Waals surface area contributed by atoms with Crippen LogP contribution in [0.3, 0.4) is 0 Å². The van der Waals surface area contributed by atoms with Crippen molar-refractivity contribution < 1.29 is 42.9 Å². The zero-order chi connectivity index (χ0) is 26.4. The number of fused-ring (bicyclic) bond motifs is 3. The minimum absolute atomic E-state index is 0. The molecular weight excluding hydrogens is 599 g/mol. The lowest BCUT2D eigenvalue weighted by molar-refractivity contribution is -0.693. The Morgan fingerprint density at radius 3 is 2.54 bits per heavy atom. The van der Waals surface area contributed by atoms with Crippen molar-refractivity contribution in [3.8, 4) is 5.75 Å². The summed E-state index contributed by atoms with van der Waals surface area (Å²) in [5, 5.41) is 5.87. The summed E-state index contributed by atoms with van der Waals surface area (Å²) in [5.41, 5.74) is 5.25. The summed E-state index contributed by atoms with van der Waals surface area (Å²) < 4.78 is 7.80. The van der Waals surface area contributed by atoms with E-state index in [1.807, 2.05) is 54.2 Å². The lowest BCUT2D eigenvalue weighted by Crippen LogP contribution is -3.00. The summed E-state index contributed by atoms with van der Waals surface area (Å²) in [6, 6.07) is 23.7. The fraction of sp³-hybridized carbons (Fsp3) is 0.242. The molecule has 0 amide bonds. The summed E-state index contributed by atoms with van der Waals surface area (Å²) in [5.74, 6) is -0.0270. The Hall–Kier alpha value is -3.52. The van der Waals surface area contributed by atoms with Gasteiger partial charge in [-0.15, -0.1) is 0 Å². The van der Waals surface area contributed by atoms with Crippen LogP contribution in [0.15, 0.2) is 96.5 Å². The number of anilines is 1. The first-order valence-electron chi connectivity index (χ1n) is 13.2. The molecule has 1 aromatic heterocycles. The van der Waals surface area contributed by atoms with E-state index >= 15 is 0 Å². The number of aryl methyl sites for hydroxylation is 1. The number of nitrogens with one attached hydrogen (secondary N) is 1. The molecule has 0 bridgehead atoms. The highest BCUT2D eigenvalue weighted by Crippen LogP contribution is 2.51. The average molecular weight is 631 g/mol. The van der Waals surface area contributed by atoms with Crippen LogP contribution >= 0.6 is 0 Å². The third kappa shape index (κ3) is 5.10. The molecule has 6 rings (SSSR count). The van der Waals surface area contributed by atoms with Crippen LogP contribution in [0.1, 0.15) is 61.0 Å². The Morgan fingerprint density at radius 1 is 1.00 bits per heavy atom. The number of halogens is 1. The standard InChI is InChI=1S/C33H30N2O3.HI/c1-4-35-16-14-22(15-17-35)32(37)38-24-10-7-9-23(18-24)29-30-25-11-6-5-8-21(25)12-13-26(30)34-27-19-33(2,3)20-28(36)31(27)29;/h5-18,29H,4,19-20H2,1-3H3;1H. The van der Waals surface area contributed by atoms with Gasteiger partial charge in [-0.2, -0.15) is 0 Å². The molecule has 2 aliphatic rings. The third-order valence-electron chi connectivity index (χ3n) is 7.65. The van der Waals surface area contributed by atoms with Crippen LogP contribution in [0.25, 0.3) is 10.8 Å². The second-order valence-electron chi connectivity index (χ2n) is 11.0. The van der Waals surface area contributed by atoms with E-state index in [0.717, 1.165) is 51.8 Å². The molecule has 5 nitrogen and oxygen atoms in total. The number of nitrogens with zero attached hydrogens (tertiary/aromatic N) is 1. The first-order valence-corrected chi connectivity index (χ1v) is 13.2. The highest BCUT2D eigenvalue weighted by Gasteiger charge is 2.41. The SMILES string of the molecule is CC[n+]1ccc(C(=O)Oc2cccc(C3C4=C(CC(C)(C)CC4=O)Nc4ccc5ccccc5c43)c2)cc1.[I-]. The van der Waals surface area contributed by atoms with Gasteiger partial charge in [-0.05, 0) is 58.9 Å². The molecule has 1 aliphatic carbocycles. The molecular formula is C33H31IN2O3. The molecule has 6 heteroatoms. The molecule has 2 heterocycles. The van der Waals surface area contributed by atoms with Gasteiger partial charge in [0.2, 0.25) is 0 Å². The highest BCUT2D eigenvalue weighted by atomic mass is 127. The molecule has 1 unspecified atom stereocenters.